The van der Waals surface area contributed by atoms with Gasteiger partial charge in [-0.3, -0.25) is 0 Å². The molecule has 0 fully saturated rings. The molecule has 0 spiro atoms. The molecule has 0 aliphatic heterocycles. The Bertz CT molecular complexity index is 793. The summed E-state index contributed by atoms with van der Waals surface area (Å²) in [4.78, 5) is 8.83. The Morgan fingerprint density at radius 1 is 1.09 bits per heavy atom. The summed E-state index contributed by atoms with van der Waals surface area (Å²) in [5.74, 6) is 0.354. The maximum absolute atomic E-state index is 5.91. The molecule has 6 heteroatoms. The molecule has 0 bridgehead atoms. The highest BCUT2D eigenvalue weighted by molar-refractivity contribution is 7.14. The lowest BCUT2D eigenvalue weighted by Crippen LogP contribution is -2.22. The van der Waals surface area contributed by atoms with Gasteiger partial charge < -0.3 is 16.8 Å². The zero-order valence-electron chi connectivity index (χ0n) is 12.4. The molecule has 5 N–H and O–H groups in total. The van der Waals surface area contributed by atoms with Gasteiger partial charge in [-0.15, -0.1) is 11.3 Å². The fraction of sp³-hybridized carbons (Fsp3) is 0.0588. The molecule has 23 heavy (non-hydrogen) atoms. The Kier molecular flexibility index (Phi) is 4.54. The maximum Gasteiger partial charge on any atom is 0.195 e. The van der Waals surface area contributed by atoms with Crippen LogP contribution < -0.4 is 16.8 Å². The number of nitrogen functional groups attached to an aromatic ring is 1. The summed E-state index contributed by atoms with van der Waals surface area (Å²) in [5.41, 5.74) is 15.4. The molecule has 0 atom stereocenters. The SMILES string of the molecule is NC(=NCc1ccccc1)Nc1nc(-c2ccc(N)cc2)cs1. The molecule has 2 aromatic carbocycles. The number of hydrogen-bond acceptors (Lipinski definition) is 4. The molecule has 1 aromatic heterocycles. The third kappa shape index (κ3) is 4.08. The van der Waals surface area contributed by atoms with Crippen LogP contribution in [0.1, 0.15) is 5.56 Å². The number of nitrogens with zero attached hydrogens (tertiary/aromatic N) is 2. The van der Waals surface area contributed by atoms with E-state index in [1.807, 2.05) is 60.0 Å². The molecular weight excluding hydrogens is 306 g/mol. The van der Waals surface area contributed by atoms with Crippen LogP contribution in [0, 0.1) is 0 Å². The Balaban J connectivity index is 1.65. The van der Waals surface area contributed by atoms with Crippen molar-refractivity contribution in [2.24, 2.45) is 10.7 Å². The van der Waals surface area contributed by atoms with Crippen LogP contribution in [-0.4, -0.2) is 10.9 Å². The van der Waals surface area contributed by atoms with Crippen LogP contribution in [-0.2, 0) is 6.54 Å². The van der Waals surface area contributed by atoms with Crippen molar-refractivity contribution in [2.75, 3.05) is 11.1 Å². The normalized spacial score (nSPS) is 11.4. The molecule has 0 saturated heterocycles. The first-order valence-electron chi connectivity index (χ1n) is 7.13. The summed E-state index contributed by atoms with van der Waals surface area (Å²) >= 11 is 1.48. The molecule has 0 aliphatic rings. The molecule has 5 nitrogen and oxygen atoms in total. The fourth-order valence-electron chi connectivity index (χ4n) is 2.03. The fourth-order valence-corrected chi connectivity index (χ4v) is 2.75. The molecular formula is C17H17N5S. The average Bonchev–Trinajstić information content (AvgIpc) is 3.03. The van der Waals surface area contributed by atoms with Gasteiger partial charge in [0.2, 0.25) is 0 Å². The summed E-state index contributed by atoms with van der Waals surface area (Å²) in [6.45, 7) is 0.538. The predicted octanol–water partition coefficient (Wildman–Crippen LogP) is 3.32. The van der Waals surface area contributed by atoms with Crippen LogP contribution in [0.5, 0.6) is 0 Å². The van der Waals surface area contributed by atoms with Gasteiger partial charge in [0.05, 0.1) is 12.2 Å². The van der Waals surface area contributed by atoms with E-state index in [9.17, 15) is 0 Å². The van der Waals surface area contributed by atoms with Gasteiger partial charge in [0.25, 0.3) is 0 Å². The van der Waals surface area contributed by atoms with E-state index < -0.39 is 0 Å². The number of benzene rings is 2. The van der Waals surface area contributed by atoms with Crippen molar-refractivity contribution in [3.63, 3.8) is 0 Å². The Hall–Kier alpha value is -2.86. The van der Waals surface area contributed by atoms with Gasteiger partial charge in [-0.1, -0.05) is 42.5 Å². The van der Waals surface area contributed by atoms with Crippen LogP contribution in [0.4, 0.5) is 10.8 Å². The Labute approximate surface area is 138 Å². The average molecular weight is 323 g/mol. The highest BCUT2D eigenvalue weighted by Crippen LogP contribution is 2.25. The summed E-state index contributed by atoms with van der Waals surface area (Å²) in [7, 11) is 0. The predicted molar refractivity (Wildman–Crippen MR) is 97.4 cm³/mol. The van der Waals surface area contributed by atoms with Gasteiger partial charge in [0, 0.05) is 16.6 Å². The van der Waals surface area contributed by atoms with Crippen molar-refractivity contribution < 1.29 is 0 Å². The second-order valence-electron chi connectivity index (χ2n) is 4.97. The van der Waals surface area contributed by atoms with E-state index in [1.54, 1.807) is 0 Å². The zero-order chi connectivity index (χ0) is 16.1. The minimum atomic E-state index is 0.354. The number of anilines is 2. The van der Waals surface area contributed by atoms with Gasteiger partial charge in [0.1, 0.15) is 0 Å². The summed E-state index contributed by atoms with van der Waals surface area (Å²) in [6, 6.07) is 17.6. The molecule has 3 rings (SSSR count). The molecule has 0 saturated carbocycles. The van der Waals surface area contributed by atoms with Crippen LogP contribution in [0.15, 0.2) is 65.0 Å². The van der Waals surface area contributed by atoms with Crippen molar-refractivity contribution in [2.45, 2.75) is 6.54 Å². The number of thiazole rings is 1. The van der Waals surface area contributed by atoms with E-state index in [0.717, 1.165) is 22.5 Å². The highest BCUT2D eigenvalue weighted by atomic mass is 32.1. The largest absolute Gasteiger partial charge is 0.399 e. The topological polar surface area (TPSA) is 89.3 Å². The third-order valence-electron chi connectivity index (χ3n) is 3.22. The molecule has 0 amide bonds. The van der Waals surface area contributed by atoms with Gasteiger partial charge >= 0.3 is 0 Å². The Morgan fingerprint density at radius 2 is 1.83 bits per heavy atom. The number of aromatic nitrogens is 1. The number of hydrogen-bond donors (Lipinski definition) is 3. The highest BCUT2D eigenvalue weighted by Gasteiger charge is 2.05. The van der Waals surface area contributed by atoms with E-state index >= 15 is 0 Å². The van der Waals surface area contributed by atoms with Crippen molar-refractivity contribution in [3.8, 4) is 11.3 Å². The van der Waals surface area contributed by atoms with Crippen LogP contribution >= 0.6 is 11.3 Å². The molecule has 116 valence electrons. The second kappa shape index (κ2) is 6.93. The number of nitrogens with one attached hydrogen (secondary N) is 1. The molecule has 3 aromatic rings. The van der Waals surface area contributed by atoms with Crippen molar-refractivity contribution in [3.05, 3.63) is 65.5 Å². The first-order chi connectivity index (χ1) is 11.2. The molecule has 0 aliphatic carbocycles. The quantitative estimate of drug-likeness (QED) is 0.390. The van der Waals surface area contributed by atoms with Gasteiger partial charge in [-0.05, 0) is 17.7 Å². The van der Waals surface area contributed by atoms with Gasteiger partial charge in [-0.25, -0.2) is 9.98 Å². The zero-order valence-corrected chi connectivity index (χ0v) is 13.3. The first kappa shape index (κ1) is 15.1. The van der Waals surface area contributed by atoms with Crippen molar-refractivity contribution in [1.82, 2.24) is 4.98 Å². The summed E-state index contributed by atoms with van der Waals surface area (Å²) in [6.07, 6.45) is 0. The Morgan fingerprint density at radius 3 is 2.57 bits per heavy atom. The van der Waals surface area contributed by atoms with E-state index in [1.165, 1.54) is 11.3 Å². The van der Waals surface area contributed by atoms with Gasteiger partial charge in [-0.2, -0.15) is 0 Å². The molecule has 0 unspecified atom stereocenters. The lowest BCUT2D eigenvalue weighted by Gasteiger charge is -2.02. The molecule has 0 radical (unpaired) electrons. The van der Waals surface area contributed by atoms with Crippen LogP contribution in [0.2, 0.25) is 0 Å². The standard InChI is InChI=1S/C17H17N5S/c18-14-8-6-13(7-9-14)15-11-23-17(21-15)22-16(19)20-10-12-4-2-1-3-5-12/h1-9,11H,10,18H2,(H3,19,20,21,22). The number of nitrogens with two attached hydrogens (primary N) is 2. The van der Waals surface area contributed by atoms with E-state index in [-0.39, 0.29) is 0 Å². The molecule has 1 heterocycles. The number of guanidine groups is 1. The summed E-state index contributed by atoms with van der Waals surface area (Å²) < 4.78 is 0. The lowest BCUT2D eigenvalue weighted by atomic mass is 10.1. The van der Waals surface area contributed by atoms with Crippen molar-refractivity contribution >= 4 is 28.1 Å². The second-order valence-corrected chi connectivity index (χ2v) is 5.83. The van der Waals surface area contributed by atoms with Crippen LogP contribution in [0.3, 0.4) is 0 Å². The third-order valence-corrected chi connectivity index (χ3v) is 3.98. The van der Waals surface area contributed by atoms with E-state index in [4.69, 9.17) is 11.5 Å². The summed E-state index contributed by atoms with van der Waals surface area (Å²) in [5, 5.41) is 5.71. The minimum absolute atomic E-state index is 0.354. The number of rotatable bonds is 4. The van der Waals surface area contributed by atoms with E-state index in [2.05, 4.69) is 15.3 Å². The smallest absolute Gasteiger partial charge is 0.195 e. The first-order valence-corrected chi connectivity index (χ1v) is 8.01. The van der Waals surface area contributed by atoms with Gasteiger partial charge in [0.15, 0.2) is 11.1 Å². The lowest BCUT2D eigenvalue weighted by molar-refractivity contribution is 1.06. The van der Waals surface area contributed by atoms with E-state index in [0.29, 0.717) is 17.6 Å². The maximum atomic E-state index is 5.91. The van der Waals surface area contributed by atoms with Crippen molar-refractivity contribution in [1.29, 1.82) is 0 Å². The van der Waals surface area contributed by atoms with Crippen LogP contribution in [0.25, 0.3) is 11.3 Å². The monoisotopic (exact) mass is 323 g/mol. The minimum Gasteiger partial charge on any atom is -0.399 e. The number of aliphatic imine (C=N–C) groups is 1.